The van der Waals surface area contributed by atoms with Crippen LogP contribution in [-0.2, 0) is 0 Å². The van der Waals surface area contributed by atoms with E-state index in [1.54, 1.807) is 12.1 Å². The minimum Gasteiger partial charge on any atom is -0.458 e. The van der Waals surface area contributed by atoms with Crippen molar-refractivity contribution in [1.29, 1.82) is 0 Å². The Morgan fingerprint density at radius 3 is 2.63 bits per heavy atom. The Morgan fingerprint density at radius 2 is 1.89 bits per heavy atom. The predicted octanol–water partition coefficient (Wildman–Crippen LogP) is 4.26. The molecule has 1 unspecified atom stereocenters. The summed E-state index contributed by atoms with van der Waals surface area (Å²) >= 11 is 2.00. The first kappa shape index (κ1) is 12.6. The molecule has 0 aliphatic carbocycles. The molecule has 3 rings (SSSR count). The highest BCUT2D eigenvalue weighted by molar-refractivity contribution is 14.1. The van der Waals surface area contributed by atoms with E-state index in [1.807, 2.05) is 46.9 Å². The van der Waals surface area contributed by atoms with E-state index in [4.69, 9.17) is 4.42 Å². The Balaban J connectivity index is 2.05. The number of para-hydroxylation sites is 1. The first-order chi connectivity index (χ1) is 9.15. The normalized spacial score (nSPS) is 12.8. The quantitative estimate of drug-likeness (QED) is 0.686. The molecule has 19 heavy (non-hydrogen) atoms. The average Bonchev–Trinajstić information content (AvgIpc) is 2.81. The monoisotopic (exact) mass is 368 g/mol. The van der Waals surface area contributed by atoms with Crippen molar-refractivity contribution in [1.82, 2.24) is 0 Å². The molecule has 4 heteroatoms. The van der Waals surface area contributed by atoms with Crippen LogP contribution in [0.3, 0.4) is 0 Å². The van der Waals surface area contributed by atoms with Crippen LogP contribution in [0.15, 0.2) is 52.9 Å². The zero-order valence-electron chi connectivity index (χ0n) is 9.81. The number of rotatable bonds is 2. The van der Waals surface area contributed by atoms with Gasteiger partial charge in [0.1, 0.15) is 23.3 Å². The smallest absolute Gasteiger partial charge is 0.138 e. The van der Waals surface area contributed by atoms with Crippen LogP contribution in [0.2, 0.25) is 0 Å². The highest BCUT2D eigenvalue weighted by Crippen LogP contribution is 2.30. The summed E-state index contributed by atoms with van der Waals surface area (Å²) in [6.45, 7) is 0. The van der Waals surface area contributed by atoms with Gasteiger partial charge in [-0.15, -0.1) is 0 Å². The highest BCUT2D eigenvalue weighted by atomic mass is 127. The van der Waals surface area contributed by atoms with Gasteiger partial charge in [-0.05, 0) is 46.9 Å². The molecule has 2 aromatic carbocycles. The summed E-state index contributed by atoms with van der Waals surface area (Å²) < 4.78 is 19.4. The number of fused-ring (bicyclic) bond motifs is 1. The molecule has 3 aromatic rings. The summed E-state index contributed by atoms with van der Waals surface area (Å²) in [5.74, 6) is 0.149. The summed E-state index contributed by atoms with van der Waals surface area (Å²) in [6.07, 6.45) is -0.889. The van der Waals surface area contributed by atoms with E-state index < -0.39 is 6.10 Å². The van der Waals surface area contributed by atoms with Crippen LogP contribution in [-0.4, -0.2) is 5.11 Å². The molecular weight excluding hydrogens is 358 g/mol. The second-order valence-electron chi connectivity index (χ2n) is 4.25. The second-order valence-corrected chi connectivity index (χ2v) is 5.42. The lowest BCUT2D eigenvalue weighted by Crippen LogP contribution is -2.01. The molecule has 0 spiro atoms. The Labute approximate surface area is 123 Å². The summed E-state index contributed by atoms with van der Waals surface area (Å²) in [5, 5.41) is 11.3. The molecule has 0 aliphatic heterocycles. The third-order valence-corrected chi connectivity index (χ3v) is 3.91. The van der Waals surface area contributed by atoms with Crippen LogP contribution < -0.4 is 0 Å². The lowest BCUT2D eigenvalue weighted by Gasteiger charge is -2.10. The highest BCUT2D eigenvalue weighted by Gasteiger charge is 2.18. The molecule has 0 aliphatic rings. The molecule has 1 heterocycles. The second kappa shape index (κ2) is 4.94. The molecule has 2 nitrogen and oxygen atoms in total. The minimum absolute atomic E-state index is 0.315. The van der Waals surface area contributed by atoms with E-state index in [0.29, 0.717) is 14.9 Å². The molecule has 0 saturated carbocycles. The molecule has 0 amide bonds. The maximum absolute atomic E-state index is 13.1. The topological polar surface area (TPSA) is 33.4 Å². The van der Waals surface area contributed by atoms with Crippen molar-refractivity contribution in [2.24, 2.45) is 0 Å². The molecule has 1 atom stereocenters. The van der Waals surface area contributed by atoms with Crippen molar-refractivity contribution in [2.75, 3.05) is 0 Å². The maximum Gasteiger partial charge on any atom is 0.138 e. The minimum atomic E-state index is -0.889. The van der Waals surface area contributed by atoms with Crippen molar-refractivity contribution in [3.63, 3.8) is 0 Å². The SMILES string of the molecule is OC(c1cc2ccccc2o1)c1ccc(F)cc1I. The summed E-state index contributed by atoms with van der Waals surface area (Å²) in [6, 6.07) is 13.7. The van der Waals surface area contributed by atoms with Gasteiger partial charge in [0.25, 0.3) is 0 Å². The van der Waals surface area contributed by atoms with Crippen molar-refractivity contribution < 1.29 is 13.9 Å². The predicted molar refractivity (Wildman–Crippen MR) is 79.4 cm³/mol. The van der Waals surface area contributed by atoms with E-state index >= 15 is 0 Å². The van der Waals surface area contributed by atoms with Gasteiger partial charge in [0.2, 0.25) is 0 Å². The number of benzene rings is 2. The third-order valence-electron chi connectivity index (χ3n) is 2.97. The largest absolute Gasteiger partial charge is 0.458 e. The molecule has 1 aromatic heterocycles. The van der Waals surface area contributed by atoms with Crippen LogP contribution in [0.5, 0.6) is 0 Å². The van der Waals surface area contributed by atoms with Crippen LogP contribution in [0, 0.1) is 9.39 Å². The first-order valence-corrected chi connectivity index (χ1v) is 6.84. The average molecular weight is 368 g/mol. The summed E-state index contributed by atoms with van der Waals surface area (Å²) in [4.78, 5) is 0. The third kappa shape index (κ3) is 2.37. The first-order valence-electron chi connectivity index (χ1n) is 5.76. The van der Waals surface area contributed by atoms with Gasteiger partial charge in [0, 0.05) is 14.5 Å². The van der Waals surface area contributed by atoms with E-state index in [-0.39, 0.29) is 5.82 Å². The molecule has 0 radical (unpaired) electrons. The van der Waals surface area contributed by atoms with Crippen molar-refractivity contribution >= 4 is 33.6 Å². The van der Waals surface area contributed by atoms with E-state index in [9.17, 15) is 9.50 Å². The van der Waals surface area contributed by atoms with Crippen LogP contribution >= 0.6 is 22.6 Å². The molecule has 0 bridgehead atoms. The lowest BCUT2D eigenvalue weighted by molar-refractivity contribution is 0.191. The summed E-state index contributed by atoms with van der Waals surface area (Å²) in [7, 11) is 0. The molecule has 0 fully saturated rings. The van der Waals surface area contributed by atoms with Gasteiger partial charge in [0.05, 0.1) is 0 Å². The van der Waals surface area contributed by atoms with Crippen molar-refractivity contribution in [2.45, 2.75) is 6.10 Å². The van der Waals surface area contributed by atoms with Crippen LogP contribution in [0.25, 0.3) is 11.0 Å². The lowest BCUT2D eigenvalue weighted by atomic mass is 10.1. The Morgan fingerprint density at radius 1 is 1.11 bits per heavy atom. The molecule has 1 N–H and O–H groups in total. The molecular formula is C15H10FIO2. The van der Waals surface area contributed by atoms with E-state index in [0.717, 1.165) is 11.0 Å². The van der Waals surface area contributed by atoms with E-state index in [1.165, 1.54) is 12.1 Å². The zero-order valence-corrected chi connectivity index (χ0v) is 12.0. The van der Waals surface area contributed by atoms with Crippen molar-refractivity contribution in [3.8, 4) is 0 Å². The van der Waals surface area contributed by atoms with Gasteiger partial charge in [-0.2, -0.15) is 0 Å². The fourth-order valence-electron chi connectivity index (χ4n) is 2.01. The molecule has 0 saturated heterocycles. The number of aliphatic hydroxyl groups is 1. The van der Waals surface area contributed by atoms with Crippen LogP contribution in [0.4, 0.5) is 4.39 Å². The van der Waals surface area contributed by atoms with Gasteiger partial charge >= 0.3 is 0 Å². The standard InChI is InChI=1S/C15H10FIO2/c16-10-5-6-11(12(17)8-10)15(18)14-7-9-3-1-2-4-13(9)19-14/h1-8,15,18H. The number of hydrogen-bond donors (Lipinski definition) is 1. The van der Waals surface area contributed by atoms with Crippen LogP contribution in [0.1, 0.15) is 17.4 Å². The Kier molecular flexibility index (Phi) is 3.28. The van der Waals surface area contributed by atoms with Gasteiger partial charge < -0.3 is 9.52 Å². The number of aliphatic hydroxyl groups excluding tert-OH is 1. The Hall–Kier alpha value is -1.40. The number of furan rings is 1. The van der Waals surface area contributed by atoms with Gasteiger partial charge in [0.15, 0.2) is 0 Å². The maximum atomic E-state index is 13.1. The number of hydrogen-bond acceptors (Lipinski definition) is 2. The Bertz CT molecular complexity index is 703. The van der Waals surface area contributed by atoms with E-state index in [2.05, 4.69) is 0 Å². The number of halogens is 2. The fraction of sp³-hybridized carbons (Fsp3) is 0.0667. The van der Waals surface area contributed by atoms with Gasteiger partial charge in [-0.25, -0.2) is 4.39 Å². The van der Waals surface area contributed by atoms with Crippen molar-refractivity contribution in [3.05, 3.63) is 69.2 Å². The fourth-order valence-corrected chi connectivity index (χ4v) is 2.79. The van der Waals surface area contributed by atoms with Gasteiger partial charge in [-0.3, -0.25) is 0 Å². The zero-order chi connectivity index (χ0) is 13.4. The summed E-state index contributed by atoms with van der Waals surface area (Å²) in [5.41, 5.74) is 1.37. The molecule has 96 valence electrons. The van der Waals surface area contributed by atoms with Gasteiger partial charge in [-0.1, -0.05) is 24.3 Å².